The maximum absolute atomic E-state index is 13.2. The van der Waals surface area contributed by atoms with Crippen LogP contribution in [0.3, 0.4) is 0 Å². The first-order valence-electron chi connectivity index (χ1n) is 11.1. The van der Waals surface area contributed by atoms with Crippen LogP contribution in [0.2, 0.25) is 0 Å². The highest BCUT2D eigenvalue weighted by atomic mass is 16.5. The topological polar surface area (TPSA) is 53.6 Å². The quantitative estimate of drug-likeness (QED) is 0.648. The summed E-state index contributed by atoms with van der Waals surface area (Å²) in [6.45, 7) is 5.92. The second-order valence-corrected chi connectivity index (χ2v) is 8.82. The van der Waals surface area contributed by atoms with Gasteiger partial charge in [0.15, 0.2) is 0 Å². The standard InChI is InChI=1S/C26H29N3O2/c1-26(13-14-29(25(26)30)16-22-15-27-18-28-22)21-9-11-23(12-10-21)31-17-20-7-4-6-19-5-2-3-8-24(19)20/h2-12,22,27-28H,13-18H2,1H3. The molecule has 0 radical (unpaired) electrons. The number of carbonyl (C=O) groups excluding carboxylic acids is 1. The third-order valence-electron chi connectivity index (χ3n) is 6.75. The Morgan fingerprint density at radius 2 is 1.87 bits per heavy atom. The Hall–Kier alpha value is -2.89. The summed E-state index contributed by atoms with van der Waals surface area (Å²) in [4.78, 5) is 15.2. The number of fused-ring (bicyclic) bond motifs is 1. The fourth-order valence-corrected chi connectivity index (χ4v) is 4.79. The van der Waals surface area contributed by atoms with Crippen molar-refractivity contribution in [2.75, 3.05) is 26.3 Å². The third kappa shape index (κ3) is 3.91. The van der Waals surface area contributed by atoms with E-state index in [2.05, 4.69) is 72.2 Å². The number of benzene rings is 3. The molecule has 3 aromatic rings. The monoisotopic (exact) mass is 415 g/mol. The lowest BCUT2D eigenvalue weighted by Crippen LogP contribution is -2.43. The predicted octanol–water partition coefficient (Wildman–Crippen LogP) is 3.43. The Labute approximate surface area is 183 Å². The van der Waals surface area contributed by atoms with E-state index in [0.717, 1.165) is 44.0 Å². The van der Waals surface area contributed by atoms with Crippen LogP contribution in [0.25, 0.3) is 10.8 Å². The lowest BCUT2D eigenvalue weighted by Gasteiger charge is -2.25. The van der Waals surface area contributed by atoms with Crippen molar-refractivity contribution >= 4 is 16.7 Å². The van der Waals surface area contributed by atoms with Crippen LogP contribution in [0.1, 0.15) is 24.5 Å². The second kappa shape index (κ2) is 8.33. The molecule has 2 fully saturated rings. The average Bonchev–Trinajstić information content (AvgIpc) is 3.42. The zero-order valence-corrected chi connectivity index (χ0v) is 17.9. The molecule has 31 heavy (non-hydrogen) atoms. The molecule has 0 saturated carbocycles. The zero-order chi connectivity index (χ0) is 21.3. The third-order valence-corrected chi connectivity index (χ3v) is 6.75. The van der Waals surface area contributed by atoms with E-state index in [-0.39, 0.29) is 5.91 Å². The van der Waals surface area contributed by atoms with Gasteiger partial charge in [0.1, 0.15) is 12.4 Å². The van der Waals surface area contributed by atoms with Crippen LogP contribution >= 0.6 is 0 Å². The van der Waals surface area contributed by atoms with E-state index < -0.39 is 5.41 Å². The fourth-order valence-electron chi connectivity index (χ4n) is 4.79. The molecule has 0 bridgehead atoms. The second-order valence-electron chi connectivity index (χ2n) is 8.82. The molecule has 3 aromatic carbocycles. The van der Waals surface area contributed by atoms with Crippen LogP contribution in [0.15, 0.2) is 66.7 Å². The van der Waals surface area contributed by atoms with Gasteiger partial charge in [0.2, 0.25) is 5.91 Å². The number of nitrogens with zero attached hydrogens (tertiary/aromatic N) is 1. The van der Waals surface area contributed by atoms with Gasteiger partial charge in [-0.1, -0.05) is 54.6 Å². The van der Waals surface area contributed by atoms with Gasteiger partial charge in [-0.3, -0.25) is 10.1 Å². The van der Waals surface area contributed by atoms with E-state index in [1.807, 2.05) is 17.0 Å². The summed E-state index contributed by atoms with van der Waals surface area (Å²) in [6.07, 6.45) is 0.849. The summed E-state index contributed by atoms with van der Waals surface area (Å²) in [6, 6.07) is 23.1. The molecule has 2 aliphatic rings. The van der Waals surface area contributed by atoms with Gasteiger partial charge in [-0.25, -0.2) is 0 Å². The number of hydrogen-bond donors (Lipinski definition) is 2. The summed E-state index contributed by atoms with van der Waals surface area (Å²) in [5, 5.41) is 9.13. The number of hydrogen-bond acceptors (Lipinski definition) is 4. The van der Waals surface area contributed by atoms with Gasteiger partial charge in [-0.15, -0.1) is 0 Å². The van der Waals surface area contributed by atoms with E-state index in [0.29, 0.717) is 12.6 Å². The predicted molar refractivity (Wildman–Crippen MR) is 123 cm³/mol. The molecule has 1 amide bonds. The highest BCUT2D eigenvalue weighted by molar-refractivity contribution is 5.90. The van der Waals surface area contributed by atoms with Crippen LogP contribution in [0, 0.1) is 0 Å². The Morgan fingerprint density at radius 3 is 2.68 bits per heavy atom. The summed E-state index contributed by atoms with van der Waals surface area (Å²) in [7, 11) is 0. The van der Waals surface area contributed by atoms with E-state index >= 15 is 0 Å². The summed E-state index contributed by atoms with van der Waals surface area (Å²) < 4.78 is 6.08. The molecule has 0 spiro atoms. The van der Waals surface area contributed by atoms with E-state index in [4.69, 9.17) is 4.74 Å². The molecule has 2 unspecified atom stereocenters. The summed E-state index contributed by atoms with van der Waals surface area (Å²) in [5.74, 6) is 1.05. The van der Waals surface area contributed by atoms with Crippen molar-refractivity contribution in [1.29, 1.82) is 0 Å². The van der Waals surface area contributed by atoms with Gasteiger partial charge in [-0.2, -0.15) is 0 Å². The van der Waals surface area contributed by atoms with Crippen LogP contribution < -0.4 is 15.4 Å². The Kier molecular flexibility index (Phi) is 5.38. The molecule has 5 heteroatoms. The first-order valence-corrected chi connectivity index (χ1v) is 11.1. The molecule has 2 heterocycles. The number of ether oxygens (including phenoxy) is 1. The maximum Gasteiger partial charge on any atom is 0.233 e. The number of rotatable bonds is 6. The van der Waals surface area contributed by atoms with E-state index in [9.17, 15) is 4.79 Å². The maximum atomic E-state index is 13.2. The Bertz CT molecular complexity index is 1070. The molecule has 2 N–H and O–H groups in total. The van der Waals surface area contributed by atoms with Gasteiger partial charge in [0, 0.05) is 32.3 Å². The first kappa shape index (κ1) is 20.0. The molecule has 5 rings (SSSR count). The molecule has 2 saturated heterocycles. The fraction of sp³-hybridized carbons (Fsp3) is 0.346. The average molecular weight is 416 g/mol. The lowest BCUT2D eigenvalue weighted by atomic mass is 9.81. The van der Waals surface area contributed by atoms with Crippen molar-refractivity contribution in [3.8, 4) is 5.75 Å². The molecule has 160 valence electrons. The molecule has 5 nitrogen and oxygen atoms in total. The number of carbonyl (C=O) groups is 1. The lowest BCUT2D eigenvalue weighted by molar-refractivity contribution is -0.132. The van der Waals surface area contributed by atoms with Crippen molar-refractivity contribution in [3.63, 3.8) is 0 Å². The molecular formula is C26H29N3O2. The highest BCUT2D eigenvalue weighted by Crippen LogP contribution is 2.36. The minimum atomic E-state index is -0.458. The van der Waals surface area contributed by atoms with E-state index in [1.165, 1.54) is 16.3 Å². The van der Waals surface area contributed by atoms with Gasteiger partial charge >= 0.3 is 0 Å². The molecule has 2 atom stereocenters. The van der Waals surface area contributed by atoms with Crippen LogP contribution in [0.4, 0.5) is 0 Å². The van der Waals surface area contributed by atoms with Gasteiger partial charge in [0.25, 0.3) is 0 Å². The SMILES string of the molecule is CC1(c2ccc(OCc3cccc4ccccc34)cc2)CCN(CC2CNCN2)C1=O. The number of amides is 1. The molecule has 2 aliphatic heterocycles. The summed E-state index contributed by atoms with van der Waals surface area (Å²) in [5.41, 5.74) is 1.78. The first-order chi connectivity index (χ1) is 15.1. The smallest absolute Gasteiger partial charge is 0.233 e. The van der Waals surface area contributed by atoms with Gasteiger partial charge in [0.05, 0.1) is 5.41 Å². The van der Waals surface area contributed by atoms with Crippen molar-refractivity contribution < 1.29 is 9.53 Å². The normalized spacial score (nSPS) is 23.6. The Morgan fingerprint density at radius 1 is 1.06 bits per heavy atom. The highest BCUT2D eigenvalue weighted by Gasteiger charge is 2.44. The largest absolute Gasteiger partial charge is 0.489 e. The van der Waals surface area contributed by atoms with Crippen molar-refractivity contribution in [2.24, 2.45) is 0 Å². The van der Waals surface area contributed by atoms with Crippen molar-refractivity contribution in [3.05, 3.63) is 77.9 Å². The van der Waals surface area contributed by atoms with Crippen molar-refractivity contribution in [1.82, 2.24) is 15.5 Å². The number of likely N-dealkylation sites (tertiary alicyclic amines) is 1. The van der Waals surface area contributed by atoms with Crippen LogP contribution in [-0.2, 0) is 16.8 Å². The van der Waals surface area contributed by atoms with E-state index in [1.54, 1.807) is 0 Å². The molecular weight excluding hydrogens is 386 g/mol. The van der Waals surface area contributed by atoms with Crippen LogP contribution in [-0.4, -0.2) is 43.2 Å². The van der Waals surface area contributed by atoms with Crippen molar-refractivity contribution in [2.45, 2.75) is 31.4 Å². The summed E-state index contributed by atoms with van der Waals surface area (Å²) >= 11 is 0. The molecule has 0 aliphatic carbocycles. The molecule has 0 aromatic heterocycles. The Balaban J connectivity index is 1.26. The number of nitrogens with one attached hydrogen (secondary N) is 2. The van der Waals surface area contributed by atoms with Crippen LogP contribution in [0.5, 0.6) is 5.75 Å². The van der Waals surface area contributed by atoms with Gasteiger partial charge < -0.3 is 15.0 Å². The minimum absolute atomic E-state index is 0.227. The minimum Gasteiger partial charge on any atom is -0.489 e. The zero-order valence-electron chi connectivity index (χ0n) is 17.9. The van der Waals surface area contributed by atoms with Gasteiger partial charge in [-0.05, 0) is 47.4 Å².